The standard InChI is InChI=1S/C21H19BrFN3O/c1-25(21(27)10-7-18-11-19(22)8-9-20(18)23)13-17-12-24-26(15-17)14-16-5-3-2-4-6-16/h2-12,15H,13-14H2,1H3. The van der Waals surface area contributed by atoms with Gasteiger partial charge in [-0.15, -0.1) is 0 Å². The van der Waals surface area contributed by atoms with Gasteiger partial charge in [-0.25, -0.2) is 4.39 Å². The van der Waals surface area contributed by atoms with Crippen molar-refractivity contribution in [3.8, 4) is 0 Å². The average molecular weight is 428 g/mol. The first-order valence-electron chi connectivity index (χ1n) is 8.45. The molecule has 1 heterocycles. The quantitative estimate of drug-likeness (QED) is 0.542. The summed E-state index contributed by atoms with van der Waals surface area (Å²) < 4.78 is 16.3. The van der Waals surface area contributed by atoms with Crippen molar-refractivity contribution in [2.45, 2.75) is 13.1 Å². The van der Waals surface area contributed by atoms with Crippen molar-refractivity contribution in [1.82, 2.24) is 14.7 Å². The first kappa shape index (κ1) is 19.0. The Hall–Kier alpha value is -2.73. The molecule has 3 rings (SSSR count). The Bertz CT molecular complexity index is 953. The molecule has 0 saturated carbocycles. The predicted molar refractivity (Wildman–Crippen MR) is 107 cm³/mol. The maximum Gasteiger partial charge on any atom is 0.246 e. The van der Waals surface area contributed by atoms with Crippen LogP contribution >= 0.6 is 15.9 Å². The van der Waals surface area contributed by atoms with E-state index in [2.05, 4.69) is 21.0 Å². The molecule has 0 aliphatic carbocycles. The van der Waals surface area contributed by atoms with Crippen molar-refractivity contribution in [2.75, 3.05) is 7.05 Å². The van der Waals surface area contributed by atoms with E-state index < -0.39 is 0 Å². The Morgan fingerprint density at radius 3 is 2.78 bits per heavy atom. The molecule has 0 aliphatic rings. The highest BCUT2D eigenvalue weighted by molar-refractivity contribution is 9.10. The lowest BCUT2D eigenvalue weighted by Crippen LogP contribution is -2.23. The van der Waals surface area contributed by atoms with Crippen LogP contribution in [-0.2, 0) is 17.9 Å². The van der Waals surface area contributed by atoms with Gasteiger partial charge in [0.15, 0.2) is 0 Å². The van der Waals surface area contributed by atoms with Crippen molar-refractivity contribution < 1.29 is 9.18 Å². The molecule has 0 fully saturated rings. The molecule has 0 saturated heterocycles. The van der Waals surface area contributed by atoms with E-state index in [9.17, 15) is 9.18 Å². The van der Waals surface area contributed by atoms with Gasteiger partial charge < -0.3 is 4.90 Å². The molecule has 0 unspecified atom stereocenters. The van der Waals surface area contributed by atoms with E-state index in [1.807, 2.05) is 41.2 Å². The maximum atomic E-state index is 13.7. The Balaban J connectivity index is 1.60. The van der Waals surface area contributed by atoms with Crippen LogP contribution in [0.4, 0.5) is 4.39 Å². The van der Waals surface area contributed by atoms with Crippen molar-refractivity contribution in [3.05, 3.63) is 94.0 Å². The lowest BCUT2D eigenvalue weighted by molar-refractivity contribution is -0.125. The minimum Gasteiger partial charge on any atom is -0.338 e. The zero-order valence-corrected chi connectivity index (χ0v) is 16.4. The molecule has 0 spiro atoms. The van der Waals surface area contributed by atoms with Gasteiger partial charge in [0.1, 0.15) is 5.82 Å². The molecular formula is C21H19BrFN3O. The van der Waals surface area contributed by atoms with Crippen molar-refractivity contribution in [3.63, 3.8) is 0 Å². The number of amides is 1. The Labute approximate surface area is 166 Å². The Kier molecular flexibility index (Phi) is 6.19. The highest BCUT2D eigenvalue weighted by Crippen LogP contribution is 2.17. The van der Waals surface area contributed by atoms with Gasteiger partial charge in [0, 0.05) is 41.5 Å². The van der Waals surface area contributed by atoms with Crippen molar-refractivity contribution in [2.24, 2.45) is 0 Å². The summed E-state index contributed by atoms with van der Waals surface area (Å²) in [5, 5.41) is 4.34. The van der Waals surface area contributed by atoms with E-state index >= 15 is 0 Å². The Morgan fingerprint density at radius 1 is 1.22 bits per heavy atom. The van der Waals surface area contributed by atoms with Crippen LogP contribution in [0.3, 0.4) is 0 Å². The molecule has 4 nitrogen and oxygen atoms in total. The SMILES string of the molecule is CN(Cc1cnn(Cc2ccccc2)c1)C(=O)C=Cc1cc(Br)ccc1F. The van der Waals surface area contributed by atoms with Gasteiger partial charge >= 0.3 is 0 Å². The normalized spacial score (nSPS) is 11.1. The number of halogens is 2. The van der Waals surface area contributed by atoms with Crippen LogP contribution in [0, 0.1) is 5.82 Å². The molecule has 1 amide bonds. The van der Waals surface area contributed by atoms with Gasteiger partial charge in [0.25, 0.3) is 0 Å². The van der Waals surface area contributed by atoms with Crippen molar-refractivity contribution in [1.29, 1.82) is 0 Å². The molecule has 6 heteroatoms. The monoisotopic (exact) mass is 427 g/mol. The van der Waals surface area contributed by atoms with Gasteiger partial charge in [-0.1, -0.05) is 46.3 Å². The topological polar surface area (TPSA) is 38.1 Å². The maximum absolute atomic E-state index is 13.7. The largest absolute Gasteiger partial charge is 0.338 e. The van der Waals surface area contributed by atoms with Gasteiger partial charge in [-0.2, -0.15) is 5.10 Å². The number of likely N-dealkylation sites (N-methyl/N-ethyl adjacent to an activating group) is 1. The third-order valence-electron chi connectivity index (χ3n) is 4.03. The summed E-state index contributed by atoms with van der Waals surface area (Å²) in [7, 11) is 1.71. The van der Waals surface area contributed by atoms with E-state index in [0.717, 1.165) is 15.6 Å². The molecule has 138 valence electrons. The van der Waals surface area contributed by atoms with E-state index in [1.165, 1.54) is 18.2 Å². The molecule has 0 bridgehead atoms. The molecule has 0 radical (unpaired) electrons. The van der Waals surface area contributed by atoms with Crippen LogP contribution in [0.25, 0.3) is 6.08 Å². The van der Waals surface area contributed by atoms with Crippen LogP contribution in [0.1, 0.15) is 16.7 Å². The zero-order chi connectivity index (χ0) is 19.2. The number of nitrogens with zero attached hydrogens (tertiary/aromatic N) is 3. The number of carbonyl (C=O) groups excluding carboxylic acids is 1. The summed E-state index contributed by atoms with van der Waals surface area (Å²) >= 11 is 3.30. The van der Waals surface area contributed by atoms with Crippen LogP contribution in [-0.4, -0.2) is 27.6 Å². The summed E-state index contributed by atoms with van der Waals surface area (Å²) in [4.78, 5) is 13.9. The average Bonchev–Trinajstić information content (AvgIpc) is 3.09. The Morgan fingerprint density at radius 2 is 2.00 bits per heavy atom. The minimum absolute atomic E-state index is 0.204. The number of hydrogen-bond donors (Lipinski definition) is 0. The molecule has 0 N–H and O–H groups in total. The highest BCUT2D eigenvalue weighted by Gasteiger charge is 2.09. The minimum atomic E-state index is -0.368. The van der Waals surface area contributed by atoms with Crippen LogP contribution in [0.15, 0.2) is 71.5 Å². The number of aromatic nitrogens is 2. The highest BCUT2D eigenvalue weighted by atomic mass is 79.9. The summed E-state index contributed by atoms with van der Waals surface area (Å²) in [5.74, 6) is -0.572. The zero-order valence-electron chi connectivity index (χ0n) is 14.8. The van der Waals surface area contributed by atoms with Crippen molar-refractivity contribution >= 4 is 27.9 Å². The summed E-state index contributed by atoms with van der Waals surface area (Å²) in [6.45, 7) is 1.11. The molecule has 27 heavy (non-hydrogen) atoms. The number of rotatable bonds is 6. The third-order valence-corrected chi connectivity index (χ3v) is 4.53. The summed E-state index contributed by atoms with van der Waals surface area (Å²) in [5.41, 5.74) is 2.46. The fourth-order valence-corrected chi connectivity index (χ4v) is 3.01. The van der Waals surface area contributed by atoms with Gasteiger partial charge in [-0.3, -0.25) is 9.48 Å². The van der Waals surface area contributed by atoms with E-state index in [0.29, 0.717) is 18.7 Å². The second-order valence-corrected chi connectivity index (χ2v) is 7.14. The molecule has 0 aliphatic heterocycles. The first-order valence-corrected chi connectivity index (χ1v) is 9.24. The lowest BCUT2D eigenvalue weighted by Gasteiger charge is -2.13. The fraction of sp³-hybridized carbons (Fsp3) is 0.143. The van der Waals surface area contributed by atoms with Crippen LogP contribution in [0.2, 0.25) is 0 Å². The second-order valence-electron chi connectivity index (χ2n) is 6.23. The van der Waals surface area contributed by atoms with Crippen LogP contribution < -0.4 is 0 Å². The first-order chi connectivity index (χ1) is 13.0. The number of hydrogen-bond acceptors (Lipinski definition) is 2. The number of carbonyl (C=O) groups is 1. The molecule has 1 aromatic heterocycles. The lowest BCUT2D eigenvalue weighted by atomic mass is 10.2. The van der Waals surface area contributed by atoms with Gasteiger partial charge in [0.2, 0.25) is 5.91 Å². The third kappa shape index (κ3) is 5.37. The van der Waals surface area contributed by atoms with E-state index in [1.54, 1.807) is 30.3 Å². The van der Waals surface area contributed by atoms with Crippen LogP contribution in [0.5, 0.6) is 0 Å². The fourth-order valence-electron chi connectivity index (χ4n) is 2.63. The number of benzene rings is 2. The van der Waals surface area contributed by atoms with Gasteiger partial charge in [-0.05, 0) is 29.8 Å². The smallest absolute Gasteiger partial charge is 0.246 e. The van der Waals surface area contributed by atoms with E-state index in [4.69, 9.17) is 0 Å². The van der Waals surface area contributed by atoms with E-state index in [-0.39, 0.29) is 11.7 Å². The van der Waals surface area contributed by atoms with Gasteiger partial charge in [0.05, 0.1) is 12.7 Å². The molecular weight excluding hydrogens is 409 g/mol. The summed E-state index contributed by atoms with van der Waals surface area (Å²) in [6, 6.07) is 14.7. The predicted octanol–water partition coefficient (Wildman–Crippen LogP) is 4.50. The molecule has 0 atom stereocenters. The molecule has 2 aromatic carbocycles. The summed E-state index contributed by atoms with van der Waals surface area (Å²) in [6.07, 6.45) is 6.54. The molecule has 3 aromatic rings. The second kappa shape index (κ2) is 8.77.